The molecular formula is C20H26N4O2. The third-order valence-electron chi connectivity index (χ3n) is 5.33. The lowest BCUT2D eigenvalue weighted by molar-refractivity contribution is 0.0448. The van der Waals surface area contributed by atoms with E-state index < -0.39 is 0 Å². The van der Waals surface area contributed by atoms with Crippen LogP contribution in [0, 0.1) is 5.92 Å². The number of aliphatic hydroxyl groups is 1. The molecule has 0 amide bonds. The number of aliphatic imine (C=N–C) groups is 1. The highest BCUT2D eigenvalue weighted by Gasteiger charge is 2.33. The van der Waals surface area contributed by atoms with Crippen molar-refractivity contribution in [3.63, 3.8) is 0 Å². The minimum absolute atomic E-state index is 0.150. The van der Waals surface area contributed by atoms with E-state index in [2.05, 4.69) is 33.4 Å². The van der Waals surface area contributed by atoms with Crippen LogP contribution < -0.4 is 11.1 Å². The smallest absolute Gasteiger partial charge is 0.123 e. The van der Waals surface area contributed by atoms with E-state index in [1.807, 2.05) is 18.2 Å². The topological polar surface area (TPSA) is 83.1 Å². The molecule has 1 saturated heterocycles. The van der Waals surface area contributed by atoms with Crippen LogP contribution in [0.4, 0.5) is 0 Å². The van der Waals surface area contributed by atoms with Crippen LogP contribution in [0.25, 0.3) is 0 Å². The van der Waals surface area contributed by atoms with Crippen molar-refractivity contribution in [3.8, 4) is 0 Å². The minimum Gasteiger partial charge on any atom is -0.391 e. The number of aliphatic hydroxyl groups excluding tert-OH is 1. The molecule has 1 fully saturated rings. The molecule has 4 rings (SSSR count). The molecule has 4 N–H and O–H groups in total. The maximum atomic E-state index is 10.4. The highest BCUT2D eigenvalue weighted by atomic mass is 16.5. The highest BCUT2D eigenvalue weighted by Crippen LogP contribution is 2.30. The van der Waals surface area contributed by atoms with Crippen molar-refractivity contribution in [2.45, 2.75) is 25.3 Å². The summed E-state index contributed by atoms with van der Waals surface area (Å²) in [5.41, 5.74) is 10.7. The molecule has 0 aromatic heterocycles. The maximum Gasteiger partial charge on any atom is 0.123 e. The van der Waals surface area contributed by atoms with E-state index >= 15 is 0 Å². The molecule has 0 bridgehead atoms. The van der Waals surface area contributed by atoms with Gasteiger partial charge in [-0.25, -0.2) is 0 Å². The second-order valence-corrected chi connectivity index (χ2v) is 7.22. The summed E-state index contributed by atoms with van der Waals surface area (Å²) in [4.78, 5) is 6.50. The summed E-state index contributed by atoms with van der Waals surface area (Å²) in [6.07, 6.45) is 4.18. The van der Waals surface area contributed by atoms with Gasteiger partial charge in [-0.2, -0.15) is 0 Å². The third-order valence-corrected chi connectivity index (χ3v) is 5.33. The average Bonchev–Trinajstić information content (AvgIpc) is 3.21. The number of hydrogen-bond donors (Lipinski definition) is 3. The molecule has 3 atom stereocenters. The summed E-state index contributed by atoms with van der Waals surface area (Å²) < 4.78 is 5.84. The number of ether oxygens (including phenoxy) is 1. The Morgan fingerprint density at radius 2 is 2.12 bits per heavy atom. The number of hydrogen-bond acceptors (Lipinski definition) is 6. The Bertz CT molecular complexity index is 729. The number of β-amino-alcohol motifs (C(OH)–C–C–N with tert-alkyl or cyclic N) is 1. The van der Waals surface area contributed by atoms with E-state index in [1.54, 1.807) is 6.34 Å². The zero-order valence-corrected chi connectivity index (χ0v) is 14.8. The number of nitrogens with two attached hydrogens (primary N) is 1. The van der Waals surface area contributed by atoms with Gasteiger partial charge >= 0.3 is 0 Å². The largest absolute Gasteiger partial charge is 0.391 e. The van der Waals surface area contributed by atoms with E-state index in [-0.39, 0.29) is 18.2 Å². The summed E-state index contributed by atoms with van der Waals surface area (Å²) in [6, 6.07) is 10.1. The summed E-state index contributed by atoms with van der Waals surface area (Å²) in [7, 11) is 0. The van der Waals surface area contributed by atoms with Crippen LogP contribution in [-0.4, -0.2) is 54.9 Å². The molecule has 6 nitrogen and oxygen atoms in total. The van der Waals surface area contributed by atoms with Gasteiger partial charge in [0.05, 0.1) is 25.7 Å². The van der Waals surface area contributed by atoms with Gasteiger partial charge in [0.25, 0.3) is 0 Å². The normalized spacial score (nSPS) is 28.2. The van der Waals surface area contributed by atoms with Crippen LogP contribution in [0.2, 0.25) is 0 Å². The summed E-state index contributed by atoms with van der Waals surface area (Å²) in [5.74, 6) is 0.150. The van der Waals surface area contributed by atoms with Crippen LogP contribution in [0.15, 0.2) is 58.2 Å². The molecule has 0 spiro atoms. The number of nitrogens with zero attached hydrogens (tertiary/aromatic N) is 2. The van der Waals surface area contributed by atoms with Crippen LogP contribution in [0.5, 0.6) is 0 Å². The van der Waals surface area contributed by atoms with Crippen LogP contribution in [0.3, 0.4) is 0 Å². The van der Waals surface area contributed by atoms with Crippen molar-refractivity contribution in [3.05, 3.63) is 58.8 Å². The zero-order valence-electron chi connectivity index (χ0n) is 14.8. The van der Waals surface area contributed by atoms with Gasteiger partial charge in [0, 0.05) is 31.2 Å². The molecule has 0 saturated carbocycles. The Kier molecular flexibility index (Phi) is 5.17. The molecular weight excluding hydrogens is 328 g/mol. The van der Waals surface area contributed by atoms with Gasteiger partial charge in [-0.3, -0.25) is 9.89 Å². The number of rotatable bonds is 6. The fourth-order valence-electron chi connectivity index (χ4n) is 3.89. The molecule has 6 heteroatoms. The first-order chi connectivity index (χ1) is 12.7. The number of allylic oxidation sites excluding steroid dienone is 1. The number of nitrogens with one attached hydrogen (secondary N) is 1. The lowest BCUT2D eigenvalue weighted by Gasteiger charge is -2.22. The van der Waals surface area contributed by atoms with E-state index in [9.17, 15) is 5.11 Å². The zero-order chi connectivity index (χ0) is 17.9. The van der Waals surface area contributed by atoms with Gasteiger partial charge in [0.15, 0.2) is 0 Å². The van der Waals surface area contributed by atoms with E-state index in [0.717, 1.165) is 36.3 Å². The summed E-state index contributed by atoms with van der Waals surface area (Å²) in [5, 5.41) is 13.6. The van der Waals surface area contributed by atoms with Gasteiger partial charge in [-0.15, -0.1) is 0 Å². The first-order valence-electron chi connectivity index (χ1n) is 9.19. The number of likely N-dealkylation sites (tertiary alicyclic amines) is 1. The number of benzene rings is 1. The molecule has 1 aliphatic carbocycles. The average molecular weight is 354 g/mol. The standard InChI is InChI=1S/C20H26N4O2/c21-20-17-7-6-15(19(17)22-13-23-20)8-24-9-16(18(25)10-24)12-26-11-14-4-2-1-3-5-14/h1-6,13,16,18,20,25H,7-12,21H2,(H,22,23). The molecule has 1 aromatic rings. The quantitative estimate of drug-likeness (QED) is 0.710. The van der Waals surface area contributed by atoms with Crippen molar-refractivity contribution < 1.29 is 9.84 Å². The Hall–Kier alpha value is -1.99. The molecule has 3 unspecified atom stereocenters. The molecule has 1 aromatic carbocycles. The van der Waals surface area contributed by atoms with Crippen molar-refractivity contribution >= 4 is 6.34 Å². The lowest BCUT2D eigenvalue weighted by atomic mass is 10.1. The van der Waals surface area contributed by atoms with Crippen molar-refractivity contribution in [1.82, 2.24) is 10.2 Å². The van der Waals surface area contributed by atoms with Crippen LogP contribution in [0.1, 0.15) is 12.0 Å². The monoisotopic (exact) mass is 354 g/mol. The third kappa shape index (κ3) is 3.73. The predicted molar refractivity (Wildman–Crippen MR) is 101 cm³/mol. The molecule has 3 aliphatic rings. The van der Waals surface area contributed by atoms with Gasteiger partial charge in [0.1, 0.15) is 6.17 Å². The summed E-state index contributed by atoms with van der Waals surface area (Å²) in [6.45, 7) is 3.51. The highest BCUT2D eigenvalue weighted by molar-refractivity contribution is 5.65. The van der Waals surface area contributed by atoms with Gasteiger partial charge in [0.2, 0.25) is 0 Å². The predicted octanol–water partition coefficient (Wildman–Crippen LogP) is 0.996. The second-order valence-electron chi connectivity index (χ2n) is 7.22. The lowest BCUT2D eigenvalue weighted by Crippen LogP contribution is -2.32. The minimum atomic E-state index is -0.343. The van der Waals surface area contributed by atoms with E-state index in [0.29, 0.717) is 19.8 Å². The van der Waals surface area contributed by atoms with Crippen molar-refractivity contribution in [2.75, 3.05) is 26.2 Å². The Morgan fingerprint density at radius 1 is 1.27 bits per heavy atom. The SMILES string of the molecule is NC1N=CNC2=C1CC=C2CN1CC(O)C(COCc2ccccc2)C1. The fraction of sp³-hybridized carbons (Fsp3) is 0.450. The maximum absolute atomic E-state index is 10.4. The molecule has 26 heavy (non-hydrogen) atoms. The fourth-order valence-corrected chi connectivity index (χ4v) is 3.89. The van der Waals surface area contributed by atoms with E-state index in [4.69, 9.17) is 10.5 Å². The van der Waals surface area contributed by atoms with Crippen LogP contribution >= 0.6 is 0 Å². The summed E-state index contributed by atoms with van der Waals surface area (Å²) >= 11 is 0. The van der Waals surface area contributed by atoms with Crippen molar-refractivity contribution in [2.24, 2.45) is 16.6 Å². The second kappa shape index (κ2) is 7.72. The van der Waals surface area contributed by atoms with Gasteiger partial charge in [-0.05, 0) is 23.1 Å². The van der Waals surface area contributed by atoms with Gasteiger partial charge < -0.3 is 20.9 Å². The Morgan fingerprint density at radius 3 is 2.96 bits per heavy atom. The first-order valence-corrected chi connectivity index (χ1v) is 9.19. The molecule has 138 valence electrons. The Balaban J connectivity index is 1.28. The van der Waals surface area contributed by atoms with E-state index in [1.165, 1.54) is 5.57 Å². The van der Waals surface area contributed by atoms with Crippen molar-refractivity contribution in [1.29, 1.82) is 0 Å². The van der Waals surface area contributed by atoms with Gasteiger partial charge in [-0.1, -0.05) is 36.4 Å². The Labute approximate surface area is 154 Å². The molecule has 2 heterocycles. The first kappa shape index (κ1) is 17.4. The molecule has 0 radical (unpaired) electrons. The van der Waals surface area contributed by atoms with Crippen LogP contribution in [-0.2, 0) is 11.3 Å². The molecule has 2 aliphatic heterocycles.